The van der Waals surface area contributed by atoms with Gasteiger partial charge in [0.1, 0.15) is 11.6 Å². The van der Waals surface area contributed by atoms with E-state index in [4.69, 9.17) is 0 Å². The highest BCUT2D eigenvalue weighted by Crippen LogP contribution is 2.07. The van der Waals surface area contributed by atoms with Gasteiger partial charge < -0.3 is 0 Å². The molecule has 0 heterocycles. The molecule has 0 unspecified atom stereocenters. The van der Waals surface area contributed by atoms with Crippen molar-refractivity contribution >= 4 is 17.5 Å². The van der Waals surface area contributed by atoms with E-state index in [1.54, 1.807) is 23.9 Å². The van der Waals surface area contributed by atoms with E-state index < -0.39 is 0 Å². The Hall–Kier alpha value is -0.830. The number of halogens is 1. The number of hydrogen-bond donors (Lipinski definition) is 0. The largest absolute Gasteiger partial charge is 0.298 e. The summed E-state index contributed by atoms with van der Waals surface area (Å²) in [5.74, 6) is 1.53. The van der Waals surface area contributed by atoms with Gasteiger partial charge in [-0.25, -0.2) is 4.39 Å². The van der Waals surface area contributed by atoms with Crippen molar-refractivity contribution in [2.24, 2.45) is 0 Å². The molecular formula is C12H15FOS. The number of ketones is 1. The van der Waals surface area contributed by atoms with Crippen LogP contribution in [-0.2, 0) is 11.2 Å². The second kappa shape index (κ2) is 6.62. The molecule has 0 aromatic heterocycles. The third-order valence-corrected chi connectivity index (χ3v) is 3.15. The maximum absolute atomic E-state index is 12.6. The maximum atomic E-state index is 12.6. The standard InChI is InChI=1S/C12H15FOS/c1-2-7-15-9-12(14)8-10-3-5-11(13)6-4-10/h3-6H,2,7-9H2,1H3. The first-order valence-electron chi connectivity index (χ1n) is 5.06. The fourth-order valence-electron chi connectivity index (χ4n) is 1.21. The number of Topliss-reactive ketones (excluding diaryl/α,β-unsaturated/α-hetero) is 1. The van der Waals surface area contributed by atoms with E-state index in [0.29, 0.717) is 12.2 Å². The van der Waals surface area contributed by atoms with Gasteiger partial charge in [-0.05, 0) is 29.9 Å². The van der Waals surface area contributed by atoms with Crippen molar-refractivity contribution in [3.63, 3.8) is 0 Å². The first-order valence-corrected chi connectivity index (χ1v) is 6.21. The summed E-state index contributed by atoms with van der Waals surface area (Å²) < 4.78 is 12.6. The van der Waals surface area contributed by atoms with Crippen LogP contribution in [0, 0.1) is 5.82 Å². The second-order valence-corrected chi connectivity index (χ2v) is 4.50. The van der Waals surface area contributed by atoms with Gasteiger partial charge >= 0.3 is 0 Å². The topological polar surface area (TPSA) is 17.1 Å². The summed E-state index contributed by atoms with van der Waals surface area (Å²) in [6.07, 6.45) is 1.51. The lowest BCUT2D eigenvalue weighted by atomic mass is 10.1. The molecule has 0 atom stereocenters. The first kappa shape index (κ1) is 12.2. The minimum atomic E-state index is -0.258. The molecule has 1 nitrogen and oxygen atoms in total. The Morgan fingerprint density at radius 2 is 2.00 bits per heavy atom. The Morgan fingerprint density at radius 1 is 1.33 bits per heavy atom. The van der Waals surface area contributed by atoms with Crippen LogP contribution in [0.3, 0.4) is 0 Å². The summed E-state index contributed by atoms with van der Waals surface area (Å²) in [5, 5.41) is 0. The lowest BCUT2D eigenvalue weighted by molar-refractivity contribution is -0.116. The number of thioether (sulfide) groups is 1. The molecule has 0 aliphatic carbocycles. The monoisotopic (exact) mass is 226 g/mol. The molecule has 0 N–H and O–H groups in total. The lowest BCUT2D eigenvalue weighted by Gasteiger charge is -2.00. The van der Waals surface area contributed by atoms with E-state index in [9.17, 15) is 9.18 Å². The van der Waals surface area contributed by atoms with E-state index in [1.165, 1.54) is 12.1 Å². The van der Waals surface area contributed by atoms with Crippen molar-refractivity contribution in [2.75, 3.05) is 11.5 Å². The van der Waals surface area contributed by atoms with Crippen molar-refractivity contribution in [1.29, 1.82) is 0 Å². The van der Waals surface area contributed by atoms with Gasteiger partial charge in [0.25, 0.3) is 0 Å². The number of carbonyl (C=O) groups excluding carboxylic acids is 1. The Kier molecular flexibility index (Phi) is 5.40. The van der Waals surface area contributed by atoms with E-state index in [-0.39, 0.29) is 11.6 Å². The first-order chi connectivity index (χ1) is 7.22. The van der Waals surface area contributed by atoms with Crippen LogP contribution >= 0.6 is 11.8 Å². The van der Waals surface area contributed by atoms with E-state index >= 15 is 0 Å². The average Bonchev–Trinajstić information content (AvgIpc) is 2.22. The predicted octanol–water partition coefficient (Wildman–Crippen LogP) is 3.08. The summed E-state index contributed by atoms with van der Waals surface area (Å²) in [7, 11) is 0. The van der Waals surface area contributed by atoms with Crippen LogP contribution in [-0.4, -0.2) is 17.3 Å². The molecule has 0 aliphatic heterocycles. The molecule has 15 heavy (non-hydrogen) atoms. The third kappa shape index (κ3) is 4.98. The minimum Gasteiger partial charge on any atom is -0.298 e. The number of rotatable bonds is 6. The van der Waals surface area contributed by atoms with Crippen molar-refractivity contribution in [2.45, 2.75) is 19.8 Å². The van der Waals surface area contributed by atoms with Gasteiger partial charge in [-0.1, -0.05) is 19.1 Å². The van der Waals surface area contributed by atoms with Crippen LogP contribution in [0.5, 0.6) is 0 Å². The number of benzene rings is 1. The summed E-state index contributed by atoms with van der Waals surface area (Å²) in [5.41, 5.74) is 0.887. The van der Waals surface area contributed by atoms with Crippen LogP contribution in [0.25, 0.3) is 0 Å². The van der Waals surface area contributed by atoms with E-state index in [2.05, 4.69) is 6.92 Å². The van der Waals surface area contributed by atoms with Crippen LogP contribution in [0.1, 0.15) is 18.9 Å². The molecule has 0 amide bonds. The van der Waals surface area contributed by atoms with Crippen molar-refractivity contribution < 1.29 is 9.18 Å². The average molecular weight is 226 g/mol. The van der Waals surface area contributed by atoms with E-state index in [0.717, 1.165) is 17.7 Å². The summed E-state index contributed by atoms with van der Waals surface area (Å²) in [4.78, 5) is 11.5. The van der Waals surface area contributed by atoms with E-state index in [1.807, 2.05) is 0 Å². The Bertz CT molecular complexity index is 308. The molecule has 0 saturated carbocycles. The smallest absolute Gasteiger partial charge is 0.147 e. The highest BCUT2D eigenvalue weighted by molar-refractivity contribution is 7.99. The SMILES string of the molecule is CCCSCC(=O)Cc1ccc(F)cc1. The molecule has 0 aliphatic rings. The van der Waals surface area contributed by atoms with Crippen molar-refractivity contribution in [3.8, 4) is 0 Å². The number of hydrogen-bond acceptors (Lipinski definition) is 2. The lowest BCUT2D eigenvalue weighted by Crippen LogP contribution is -2.06. The zero-order chi connectivity index (χ0) is 11.1. The van der Waals surface area contributed by atoms with Crippen LogP contribution in [0.2, 0.25) is 0 Å². The molecule has 1 aromatic rings. The highest BCUT2D eigenvalue weighted by Gasteiger charge is 2.03. The molecule has 3 heteroatoms. The quantitative estimate of drug-likeness (QED) is 0.693. The van der Waals surface area contributed by atoms with Gasteiger partial charge in [0.2, 0.25) is 0 Å². The summed E-state index contributed by atoms with van der Waals surface area (Å²) >= 11 is 1.66. The fraction of sp³-hybridized carbons (Fsp3) is 0.417. The van der Waals surface area contributed by atoms with Crippen LogP contribution in [0.15, 0.2) is 24.3 Å². The molecule has 0 bridgehead atoms. The van der Waals surface area contributed by atoms with Crippen molar-refractivity contribution in [1.82, 2.24) is 0 Å². The van der Waals surface area contributed by atoms with Crippen LogP contribution in [0.4, 0.5) is 4.39 Å². The van der Waals surface area contributed by atoms with Gasteiger partial charge in [0.15, 0.2) is 0 Å². The third-order valence-electron chi connectivity index (χ3n) is 1.93. The normalized spacial score (nSPS) is 10.3. The number of carbonyl (C=O) groups is 1. The van der Waals surface area contributed by atoms with Crippen LogP contribution < -0.4 is 0 Å². The molecule has 82 valence electrons. The van der Waals surface area contributed by atoms with Gasteiger partial charge in [-0.3, -0.25) is 4.79 Å². The molecule has 0 saturated heterocycles. The molecular weight excluding hydrogens is 211 g/mol. The highest BCUT2D eigenvalue weighted by atomic mass is 32.2. The van der Waals surface area contributed by atoms with Gasteiger partial charge in [0.05, 0.1) is 5.75 Å². The Balaban J connectivity index is 2.34. The minimum absolute atomic E-state index is 0.208. The van der Waals surface area contributed by atoms with Crippen molar-refractivity contribution in [3.05, 3.63) is 35.6 Å². The zero-order valence-corrected chi connectivity index (χ0v) is 9.65. The fourth-order valence-corrected chi connectivity index (χ4v) is 1.97. The Morgan fingerprint density at radius 3 is 2.60 bits per heavy atom. The molecule has 0 radical (unpaired) electrons. The second-order valence-electron chi connectivity index (χ2n) is 3.39. The molecule has 0 spiro atoms. The maximum Gasteiger partial charge on any atom is 0.147 e. The molecule has 1 rings (SSSR count). The van der Waals surface area contributed by atoms with Gasteiger partial charge in [-0.2, -0.15) is 11.8 Å². The summed E-state index contributed by atoms with van der Waals surface area (Å²) in [6.45, 7) is 2.09. The molecule has 1 aromatic carbocycles. The van der Waals surface area contributed by atoms with Gasteiger partial charge in [-0.15, -0.1) is 0 Å². The summed E-state index contributed by atoms with van der Waals surface area (Å²) in [6, 6.07) is 6.11. The predicted molar refractivity (Wildman–Crippen MR) is 62.7 cm³/mol. The van der Waals surface area contributed by atoms with Gasteiger partial charge in [0, 0.05) is 6.42 Å². The zero-order valence-electron chi connectivity index (χ0n) is 8.83. The molecule has 0 fully saturated rings. The Labute approximate surface area is 94.1 Å².